The second-order valence-electron chi connectivity index (χ2n) is 3.45. The first-order chi connectivity index (χ1) is 7.62. The second kappa shape index (κ2) is 6.22. The molecule has 0 bridgehead atoms. The number of carbonyl (C=O) groups is 2. The van der Waals surface area contributed by atoms with E-state index in [-0.39, 0.29) is 12.3 Å². The first-order valence-corrected chi connectivity index (χ1v) is 9.41. The molecular formula is C8H16O7P2. The van der Waals surface area contributed by atoms with Gasteiger partial charge in [0.05, 0.1) is 0 Å². The van der Waals surface area contributed by atoms with Crippen LogP contribution in [0.5, 0.6) is 0 Å². The van der Waals surface area contributed by atoms with Crippen molar-refractivity contribution in [1.29, 1.82) is 0 Å². The molecule has 2 unspecified atom stereocenters. The van der Waals surface area contributed by atoms with Crippen LogP contribution in [0.4, 0.5) is 9.59 Å². The van der Waals surface area contributed by atoms with Gasteiger partial charge in [-0.2, -0.15) is 0 Å². The Bertz CT molecular complexity index is 353. The zero-order chi connectivity index (χ0) is 13.7. The molecule has 0 aromatic carbocycles. The Hall–Kier alpha value is -0.800. The Morgan fingerprint density at radius 2 is 1.18 bits per heavy atom. The fourth-order valence-corrected chi connectivity index (χ4v) is 1.51. The molecule has 0 aliphatic carbocycles. The number of ether oxygens (including phenoxy) is 1. The third-order valence-electron chi connectivity index (χ3n) is 1.85. The predicted molar refractivity (Wildman–Crippen MR) is 62.2 cm³/mol. The van der Waals surface area contributed by atoms with Crippen molar-refractivity contribution in [2.24, 2.45) is 0 Å². The molecule has 0 saturated heterocycles. The second-order valence-corrected chi connectivity index (χ2v) is 9.13. The molecule has 0 fully saturated rings. The van der Waals surface area contributed by atoms with E-state index in [1.807, 2.05) is 0 Å². The molecule has 100 valence electrons. The molecule has 0 aliphatic heterocycles. The normalized spacial score (nSPS) is 17.4. The molecule has 0 aromatic rings. The summed E-state index contributed by atoms with van der Waals surface area (Å²) in [5.74, 6) is 0. The van der Waals surface area contributed by atoms with Gasteiger partial charge >= 0.3 is 12.3 Å². The van der Waals surface area contributed by atoms with Gasteiger partial charge in [0.15, 0.2) is 0 Å². The van der Waals surface area contributed by atoms with E-state index < -0.39 is 27.0 Å². The van der Waals surface area contributed by atoms with E-state index in [4.69, 9.17) is 0 Å². The molecule has 0 amide bonds. The minimum atomic E-state index is -3.10. The Labute approximate surface area is 99.7 Å². The lowest BCUT2D eigenvalue weighted by atomic mass is 11.0. The lowest BCUT2D eigenvalue weighted by Gasteiger charge is -2.12. The SMILES string of the molecule is CCP(C)(=O)OC(=O)OC(=O)OP(C)(=O)CC. The summed E-state index contributed by atoms with van der Waals surface area (Å²) in [7, 11) is -6.19. The molecule has 0 rings (SSSR count). The van der Waals surface area contributed by atoms with Gasteiger partial charge in [0.1, 0.15) is 0 Å². The van der Waals surface area contributed by atoms with Crippen molar-refractivity contribution >= 4 is 27.0 Å². The fourth-order valence-electron chi connectivity index (χ4n) is 0.550. The van der Waals surface area contributed by atoms with Gasteiger partial charge in [-0.3, -0.25) is 9.13 Å². The summed E-state index contributed by atoms with van der Waals surface area (Å²) in [6.07, 6.45) is -2.59. The van der Waals surface area contributed by atoms with Crippen molar-refractivity contribution < 1.29 is 32.5 Å². The van der Waals surface area contributed by atoms with Gasteiger partial charge in [-0.15, -0.1) is 0 Å². The monoisotopic (exact) mass is 286 g/mol. The van der Waals surface area contributed by atoms with Crippen molar-refractivity contribution in [3.63, 3.8) is 0 Å². The van der Waals surface area contributed by atoms with Gasteiger partial charge < -0.3 is 13.8 Å². The molecule has 0 aliphatic rings. The van der Waals surface area contributed by atoms with Gasteiger partial charge in [0, 0.05) is 25.7 Å². The highest BCUT2D eigenvalue weighted by Crippen LogP contribution is 2.43. The van der Waals surface area contributed by atoms with Crippen LogP contribution in [0.1, 0.15) is 13.8 Å². The number of carbonyl (C=O) groups excluding carboxylic acids is 2. The van der Waals surface area contributed by atoms with Crippen molar-refractivity contribution in [1.82, 2.24) is 0 Å². The molecule has 2 atom stereocenters. The summed E-state index contributed by atoms with van der Waals surface area (Å²) in [6, 6.07) is 0. The Kier molecular flexibility index (Phi) is 5.93. The largest absolute Gasteiger partial charge is 0.523 e. The third kappa shape index (κ3) is 7.18. The van der Waals surface area contributed by atoms with E-state index in [1.54, 1.807) is 13.8 Å². The minimum absolute atomic E-state index is 0.123. The fraction of sp³-hybridized carbons (Fsp3) is 0.750. The van der Waals surface area contributed by atoms with E-state index in [0.29, 0.717) is 0 Å². The number of hydrogen-bond acceptors (Lipinski definition) is 7. The quantitative estimate of drug-likeness (QED) is 0.445. The molecule has 0 aromatic heterocycles. The lowest BCUT2D eigenvalue weighted by molar-refractivity contribution is 0.0917. The zero-order valence-corrected chi connectivity index (χ0v) is 12.0. The van der Waals surface area contributed by atoms with Crippen molar-refractivity contribution in [3.05, 3.63) is 0 Å². The molecule has 0 spiro atoms. The molecule has 7 nitrogen and oxygen atoms in total. The Balaban J connectivity index is 4.28. The van der Waals surface area contributed by atoms with Crippen LogP contribution in [-0.4, -0.2) is 38.0 Å². The number of rotatable bonds is 4. The average molecular weight is 286 g/mol. The van der Waals surface area contributed by atoms with E-state index in [1.165, 1.54) is 13.3 Å². The van der Waals surface area contributed by atoms with Gasteiger partial charge in [-0.05, 0) is 0 Å². The van der Waals surface area contributed by atoms with Crippen LogP contribution in [0.3, 0.4) is 0 Å². The van der Waals surface area contributed by atoms with Crippen LogP contribution in [0, 0.1) is 0 Å². The van der Waals surface area contributed by atoms with Crippen LogP contribution in [-0.2, 0) is 22.9 Å². The van der Waals surface area contributed by atoms with E-state index in [2.05, 4.69) is 13.8 Å². The average Bonchev–Trinajstić information content (AvgIpc) is 2.15. The summed E-state index contributed by atoms with van der Waals surface area (Å²) >= 11 is 0. The third-order valence-corrected chi connectivity index (χ3v) is 5.22. The van der Waals surface area contributed by atoms with Crippen molar-refractivity contribution in [2.75, 3.05) is 25.7 Å². The highest BCUT2D eigenvalue weighted by Gasteiger charge is 2.26. The molecule has 0 heterocycles. The van der Waals surface area contributed by atoms with Crippen LogP contribution < -0.4 is 0 Å². The minimum Gasteiger partial charge on any atom is -0.380 e. The molecule has 17 heavy (non-hydrogen) atoms. The zero-order valence-electron chi connectivity index (χ0n) is 10.2. The highest BCUT2D eigenvalue weighted by atomic mass is 31.2. The number of hydrogen-bond donors (Lipinski definition) is 0. The van der Waals surface area contributed by atoms with E-state index in [9.17, 15) is 18.7 Å². The van der Waals surface area contributed by atoms with Crippen molar-refractivity contribution in [3.8, 4) is 0 Å². The summed E-state index contributed by atoms with van der Waals surface area (Å²) < 4.78 is 35.7. The maximum Gasteiger partial charge on any atom is 0.523 e. The van der Waals surface area contributed by atoms with Crippen LogP contribution in [0.25, 0.3) is 0 Å². The maximum absolute atomic E-state index is 11.4. The molecule has 0 radical (unpaired) electrons. The van der Waals surface area contributed by atoms with Crippen LogP contribution >= 0.6 is 14.7 Å². The van der Waals surface area contributed by atoms with Gasteiger partial charge in [-0.1, -0.05) is 13.8 Å². The Morgan fingerprint density at radius 1 is 0.882 bits per heavy atom. The predicted octanol–water partition coefficient (Wildman–Crippen LogP) is 3.13. The molecular weight excluding hydrogens is 270 g/mol. The summed E-state index contributed by atoms with van der Waals surface area (Å²) in [5.41, 5.74) is 0. The van der Waals surface area contributed by atoms with Gasteiger partial charge in [0.25, 0.3) is 14.7 Å². The summed E-state index contributed by atoms with van der Waals surface area (Å²) in [4.78, 5) is 22.0. The van der Waals surface area contributed by atoms with E-state index >= 15 is 0 Å². The maximum atomic E-state index is 11.4. The summed E-state index contributed by atoms with van der Waals surface area (Å²) in [6.45, 7) is 5.58. The standard InChI is InChI=1S/C8H16O7P2/c1-5-16(3,11)14-7(9)13-8(10)15-17(4,12)6-2/h5-6H2,1-4H3. The smallest absolute Gasteiger partial charge is 0.380 e. The van der Waals surface area contributed by atoms with E-state index in [0.717, 1.165) is 0 Å². The van der Waals surface area contributed by atoms with Crippen molar-refractivity contribution in [2.45, 2.75) is 13.8 Å². The van der Waals surface area contributed by atoms with Gasteiger partial charge in [0.2, 0.25) is 0 Å². The molecule has 0 saturated carbocycles. The topological polar surface area (TPSA) is 96.0 Å². The van der Waals surface area contributed by atoms with Gasteiger partial charge in [-0.25, -0.2) is 9.59 Å². The summed E-state index contributed by atoms with van der Waals surface area (Å²) in [5, 5.41) is 0. The Morgan fingerprint density at radius 3 is 1.41 bits per heavy atom. The molecule has 0 N–H and O–H groups in total. The first-order valence-electron chi connectivity index (χ1n) is 4.90. The van der Waals surface area contributed by atoms with Crippen LogP contribution in [0.15, 0.2) is 0 Å². The first kappa shape index (κ1) is 16.2. The lowest BCUT2D eigenvalue weighted by Crippen LogP contribution is -2.13. The van der Waals surface area contributed by atoms with Crippen LogP contribution in [0.2, 0.25) is 0 Å². The molecule has 9 heteroatoms. The highest BCUT2D eigenvalue weighted by molar-refractivity contribution is 7.58.